The molecule has 0 aliphatic heterocycles. The number of hydrogen-bond acceptors (Lipinski definition) is 3. The number of aromatic nitrogens is 2. The van der Waals surface area contributed by atoms with Crippen LogP contribution in [0.5, 0.6) is 0 Å². The highest BCUT2D eigenvalue weighted by molar-refractivity contribution is 7.81. The summed E-state index contributed by atoms with van der Waals surface area (Å²) < 4.78 is -0.257. The van der Waals surface area contributed by atoms with Crippen LogP contribution in [0.25, 0.3) is 0 Å². The zero-order valence-corrected chi connectivity index (χ0v) is 8.02. The van der Waals surface area contributed by atoms with Crippen molar-refractivity contribution in [2.75, 3.05) is 0 Å². The molecule has 1 aromatic heterocycles. The molecule has 0 atom stereocenters. The van der Waals surface area contributed by atoms with Gasteiger partial charge >= 0.3 is 0 Å². The summed E-state index contributed by atoms with van der Waals surface area (Å²) in [5, 5.41) is 0.268. The molecule has 0 bridgehead atoms. The Bertz CT molecular complexity index is 257. The van der Waals surface area contributed by atoms with Crippen molar-refractivity contribution in [3.63, 3.8) is 0 Å². The molecule has 2 nitrogen and oxygen atoms in total. The molecular formula is C7H9ClN2S. The zero-order chi connectivity index (χ0) is 8.48. The summed E-state index contributed by atoms with van der Waals surface area (Å²) in [5.74, 6) is 0. The average Bonchev–Trinajstić information content (AvgIpc) is 1.86. The molecule has 0 saturated carbocycles. The summed E-state index contributed by atoms with van der Waals surface area (Å²) in [4.78, 5) is 7.80. The Morgan fingerprint density at radius 2 is 2.18 bits per heavy atom. The van der Waals surface area contributed by atoms with E-state index in [0.717, 1.165) is 5.69 Å². The second kappa shape index (κ2) is 2.99. The van der Waals surface area contributed by atoms with Crippen molar-refractivity contribution in [1.29, 1.82) is 0 Å². The number of rotatable bonds is 1. The summed E-state index contributed by atoms with van der Waals surface area (Å²) >= 11 is 9.94. The molecule has 0 aliphatic rings. The minimum absolute atomic E-state index is 0.257. The van der Waals surface area contributed by atoms with Crippen LogP contribution in [0.4, 0.5) is 0 Å². The van der Waals surface area contributed by atoms with Gasteiger partial charge in [-0.1, -0.05) is 0 Å². The first-order valence-corrected chi connectivity index (χ1v) is 4.04. The quantitative estimate of drug-likeness (QED) is 0.541. The Labute approximate surface area is 76.4 Å². The summed E-state index contributed by atoms with van der Waals surface area (Å²) in [6, 6.07) is 1.80. The maximum atomic E-state index is 5.59. The Hall–Kier alpha value is -0.280. The smallest absolute Gasteiger partial charge is 0.222 e. The van der Waals surface area contributed by atoms with Gasteiger partial charge in [0.2, 0.25) is 5.28 Å². The number of thiol groups is 1. The van der Waals surface area contributed by atoms with E-state index in [0.29, 0.717) is 0 Å². The van der Waals surface area contributed by atoms with Crippen LogP contribution in [-0.2, 0) is 4.75 Å². The van der Waals surface area contributed by atoms with Crippen molar-refractivity contribution in [3.05, 3.63) is 23.2 Å². The van der Waals surface area contributed by atoms with Crippen LogP contribution in [0.15, 0.2) is 12.3 Å². The van der Waals surface area contributed by atoms with E-state index in [1.54, 1.807) is 12.3 Å². The van der Waals surface area contributed by atoms with E-state index >= 15 is 0 Å². The zero-order valence-electron chi connectivity index (χ0n) is 6.37. The van der Waals surface area contributed by atoms with Gasteiger partial charge in [-0.25, -0.2) is 9.97 Å². The van der Waals surface area contributed by atoms with E-state index in [2.05, 4.69) is 22.6 Å². The molecule has 4 heteroatoms. The van der Waals surface area contributed by atoms with Crippen LogP contribution in [0.1, 0.15) is 19.5 Å². The van der Waals surface area contributed by atoms with Gasteiger partial charge in [-0.2, -0.15) is 12.6 Å². The molecule has 60 valence electrons. The van der Waals surface area contributed by atoms with Crippen LogP contribution in [0.2, 0.25) is 5.28 Å². The van der Waals surface area contributed by atoms with Crippen LogP contribution >= 0.6 is 24.2 Å². The largest absolute Gasteiger partial charge is 0.227 e. The lowest BCUT2D eigenvalue weighted by molar-refractivity contribution is 0.749. The second-order valence-corrected chi connectivity index (χ2v) is 4.23. The lowest BCUT2D eigenvalue weighted by atomic mass is 10.1. The van der Waals surface area contributed by atoms with Gasteiger partial charge in [0.25, 0.3) is 0 Å². The molecule has 11 heavy (non-hydrogen) atoms. The monoisotopic (exact) mass is 188 g/mol. The Kier molecular flexibility index (Phi) is 2.40. The fraction of sp³-hybridized carbons (Fsp3) is 0.429. The predicted molar refractivity (Wildman–Crippen MR) is 49.1 cm³/mol. The third-order valence-electron chi connectivity index (χ3n) is 1.25. The molecule has 0 radical (unpaired) electrons. The maximum Gasteiger partial charge on any atom is 0.222 e. The van der Waals surface area contributed by atoms with Crippen molar-refractivity contribution in [2.45, 2.75) is 18.6 Å². The minimum Gasteiger partial charge on any atom is -0.227 e. The van der Waals surface area contributed by atoms with E-state index < -0.39 is 0 Å². The highest BCUT2D eigenvalue weighted by Crippen LogP contribution is 2.24. The molecule has 1 rings (SSSR count). The van der Waals surface area contributed by atoms with Crippen molar-refractivity contribution in [3.8, 4) is 0 Å². The third-order valence-corrected chi connectivity index (χ3v) is 1.66. The summed E-state index contributed by atoms with van der Waals surface area (Å²) in [6.07, 6.45) is 1.63. The van der Waals surface area contributed by atoms with Crippen molar-refractivity contribution in [1.82, 2.24) is 9.97 Å². The topological polar surface area (TPSA) is 25.8 Å². The first-order valence-electron chi connectivity index (χ1n) is 3.21. The van der Waals surface area contributed by atoms with E-state index in [9.17, 15) is 0 Å². The number of hydrogen-bond donors (Lipinski definition) is 1. The van der Waals surface area contributed by atoms with E-state index in [1.165, 1.54) is 0 Å². The summed E-state index contributed by atoms with van der Waals surface area (Å²) in [5.41, 5.74) is 0.834. The molecule has 0 fully saturated rings. The molecule has 1 heterocycles. The standard InChI is InChI=1S/C7H9ClN2S/c1-7(2,11)5-3-4-9-6(8)10-5/h3-4,11H,1-2H3. The van der Waals surface area contributed by atoms with Crippen molar-refractivity contribution >= 4 is 24.2 Å². The predicted octanol–water partition coefficient (Wildman–Crippen LogP) is 2.29. The molecule has 1 aromatic rings. The minimum atomic E-state index is -0.257. The highest BCUT2D eigenvalue weighted by atomic mass is 35.5. The molecule has 0 aromatic carbocycles. The van der Waals surface area contributed by atoms with Gasteiger partial charge in [0.15, 0.2) is 0 Å². The van der Waals surface area contributed by atoms with Gasteiger partial charge in [-0.05, 0) is 31.5 Å². The van der Waals surface area contributed by atoms with Crippen molar-refractivity contribution < 1.29 is 0 Å². The SMILES string of the molecule is CC(C)(S)c1ccnc(Cl)n1. The first kappa shape index (κ1) is 8.81. The van der Waals surface area contributed by atoms with Crippen LogP contribution in [0, 0.1) is 0 Å². The van der Waals surface area contributed by atoms with E-state index in [1.807, 2.05) is 13.8 Å². The maximum absolute atomic E-state index is 5.59. The highest BCUT2D eigenvalue weighted by Gasteiger charge is 2.16. The van der Waals surface area contributed by atoms with Crippen molar-refractivity contribution in [2.24, 2.45) is 0 Å². The van der Waals surface area contributed by atoms with Gasteiger partial charge in [0.05, 0.1) is 5.69 Å². The van der Waals surface area contributed by atoms with Gasteiger partial charge in [0.1, 0.15) is 0 Å². The molecule has 0 unspecified atom stereocenters. The lowest BCUT2D eigenvalue weighted by Crippen LogP contribution is -2.10. The van der Waals surface area contributed by atoms with Gasteiger partial charge in [0, 0.05) is 10.9 Å². The van der Waals surface area contributed by atoms with Crippen LogP contribution < -0.4 is 0 Å². The van der Waals surface area contributed by atoms with E-state index in [4.69, 9.17) is 11.6 Å². The van der Waals surface area contributed by atoms with Crippen LogP contribution in [-0.4, -0.2) is 9.97 Å². The Balaban J connectivity index is 3.06. The van der Waals surface area contributed by atoms with Gasteiger partial charge in [-0.3, -0.25) is 0 Å². The first-order chi connectivity index (χ1) is 5.00. The van der Waals surface area contributed by atoms with Gasteiger partial charge in [-0.15, -0.1) is 0 Å². The van der Waals surface area contributed by atoms with E-state index in [-0.39, 0.29) is 10.0 Å². The second-order valence-electron chi connectivity index (χ2n) is 2.77. The normalized spacial score (nSPS) is 11.6. The van der Waals surface area contributed by atoms with Crippen LogP contribution in [0.3, 0.4) is 0 Å². The summed E-state index contributed by atoms with van der Waals surface area (Å²) in [6.45, 7) is 3.91. The fourth-order valence-electron chi connectivity index (χ4n) is 0.676. The molecule has 0 N–H and O–H groups in total. The third kappa shape index (κ3) is 2.34. The number of halogens is 1. The Morgan fingerprint density at radius 3 is 2.55 bits per heavy atom. The molecule has 0 saturated heterocycles. The average molecular weight is 189 g/mol. The molecule has 0 spiro atoms. The molecular weight excluding hydrogens is 180 g/mol. The lowest BCUT2D eigenvalue weighted by Gasteiger charge is -2.15. The fourth-order valence-corrected chi connectivity index (χ4v) is 0.948. The molecule has 0 aliphatic carbocycles. The Morgan fingerprint density at radius 1 is 1.55 bits per heavy atom. The number of nitrogens with zero attached hydrogens (tertiary/aromatic N) is 2. The molecule has 0 amide bonds. The van der Waals surface area contributed by atoms with Gasteiger partial charge < -0.3 is 0 Å². The summed E-state index contributed by atoms with van der Waals surface area (Å²) in [7, 11) is 0.